The van der Waals surface area contributed by atoms with Crippen LogP contribution in [-0.4, -0.2) is 27.6 Å². The number of fused-ring (bicyclic) bond motifs is 1. The number of rotatable bonds is 5. The van der Waals surface area contributed by atoms with E-state index in [0.717, 1.165) is 12.1 Å². The Hall–Kier alpha value is -3.29. The highest BCUT2D eigenvalue weighted by Crippen LogP contribution is 2.27. The highest BCUT2D eigenvalue weighted by Gasteiger charge is 2.20. The van der Waals surface area contributed by atoms with E-state index in [1.54, 1.807) is 0 Å². The monoisotopic (exact) mass is 408 g/mol. The minimum absolute atomic E-state index is 0.0299. The molecule has 28 heavy (non-hydrogen) atoms. The topological polar surface area (TPSA) is 109 Å². The van der Waals surface area contributed by atoms with Gasteiger partial charge in [0.2, 0.25) is 5.95 Å². The smallest absolute Gasteiger partial charge is 0.201 e. The van der Waals surface area contributed by atoms with Crippen LogP contribution in [0.3, 0.4) is 0 Å². The average molecular weight is 409 g/mol. The molecule has 0 aliphatic carbocycles. The molecule has 144 valence electrons. The average Bonchev–Trinajstić information content (AvgIpc) is 3.10. The molecule has 1 aromatic heterocycles. The molecule has 0 fully saturated rings. The molecule has 0 saturated heterocycles. The van der Waals surface area contributed by atoms with Crippen LogP contribution in [0.1, 0.15) is 12.0 Å². The zero-order valence-electron chi connectivity index (χ0n) is 14.0. The number of nitrogens with zero attached hydrogens (tertiary/aromatic N) is 3. The number of amidine groups is 1. The Balaban J connectivity index is 2.11. The third kappa shape index (κ3) is 3.85. The van der Waals surface area contributed by atoms with Crippen molar-refractivity contribution in [2.24, 2.45) is 4.99 Å². The maximum absolute atomic E-state index is 14.2. The van der Waals surface area contributed by atoms with E-state index in [1.165, 1.54) is 12.1 Å². The van der Waals surface area contributed by atoms with Gasteiger partial charge in [0.25, 0.3) is 0 Å². The van der Waals surface area contributed by atoms with E-state index in [1.807, 2.05) is 11.5 Å². The van der Waals surface area contributed by atoms with Crippen molar-refractivity contribution in [3.8, 4) is 6.07 Å². The largest absolute Gasteiger partial charge is 0.355 e. The van der Waals surface area contributed by atoms with Gasteiger partial charge >= 0.3 is 0 Å². The number of halogens is 4. The summed E-state index contributed by atoms with van der Waals surface area (Å²) in [5, 5.41) is 20.6. The zero-order valence-corrected chi connectivity index (χ0v) is 14.8. The van der Waals surface area contributed by atoms with Gasteiger partial charge in [-0.3, -0.25) is 10.7 Å². The number of hydrogen-bond donors (Lipinski definition) is 4. The molecule has 0 amide bonds. The Morgan fingerprint density at radius 2 is 2.07 bits per heavy atom. The maximum atomic E-state index is 14.2. The quantitative estimate of drug-likeness (QED) is 0.221. The molecule has 0 atom stereocenters. The summed E-state index contributed by atoms with van der Waals surface area (Å²) in [5.41, 5.74) is 1.67. The molecule has 3 rings (SSSR count). The number of hydrogen-bond acceptors (Lipinski definition) is 5. The summed E-state index contributed by atoms with van der Waals surface area (Å²) < 4.78 is 41.5. The fraction of sp³-hybridized carbons (Fsp3) is 0.118. The van der Waals surface area contributed by atoms with Gasteiger partial charge in [-0.1, -0.05) is 11.6 Å². The van der Waals surface area contributed by atoms with Gasteiger partial charge in [0.1, 0.15) is 11.3 Å². The molecule has 0 bridgehead atoms. The molecular formula is C17H12ClF3N6O. The lowest BCUT2D eigenvalue weighted by Gasteiger charge is -2.08. The van der Waals surface area contributed by atoms with E-state index in [-0.39, 0.29) is 52.1 Å². The summed E-state index contributed by atoms with van der Waals surface area (Å²) in [6, 6.07) is 6.31. The lowest BCUT2D eigenvalue weighted by molar-refractivity contribution is 0.235. The van der Waals surface area contributed by atoms with Crippen LogP contribution in [0.25, 0.3) is 11.0 Å². The van der Waals surface area contributed by atoms with E-state index in [2.05, 4.69) is 20.3 Å². The fourth-order valence-corrected chi connectivity index (χ4v) is 2.61. The minimum Gasteiger partial charge on any atom is -0.355 e. The molecular weight excluding hydrogens is 397 g/mol. The SMILES string of the molecule is N#CCCNc1nc2c(F)c(F)cc(C(=Nc3ccc(F)c(Cl)c3)NO)c2[nH]1. The lowest BCUT2D eigenvalue weighted by Crippen LogP contribution is -2.21. The molecule has 0 unspecified atom stereocenters. The molecule has 0 spiro atoms. The van der Waals surface area contributed by atoms with Crippen molar-refractivity contribution >= 4 is 40.1 Å². The molecule has 1 heterocycles. The Morgan fingerprint density at radius 1 is 1.29 bits per heavy atom. The molecule has 4 N–H and O–H groups in total. The normalized spacial score (nSPS) is 11.5. The van der Waals surface area contributed by atoms with Crippen LogP contribution < -0.4 is 10.8 Å². The van der Waals surface area contributed by atoms with Crippen LogP contribution in [0.15, 0.2) is 29.3 Å². The van der Waals surface area contributed by atoms with Crippen LogP contribution in [0, 0.1) is 28.8 Å². The number of aromatic nitrogens is 2. The number of imidazole rings is 1. The molecule has 0 saturated carbocycles. The van der Waals surface area contributed by atoms with Crippen molar-refractivity contribution < 1.29 is 18.4 Å². The molecule has 7 nitrogen and oxygen atoms in total. The Kier molecular flexibility index (Phi) is 5.67. The number of hydroxylamine groups is 1. The number of aromatic amines is 1. The van der Waals surface area contributed by atoms with Crippen molar-refractivity contribution in [1.82, 2.24) is 15.4 Å². The molecule has 0 aliphatic rings. The van der Waals surface area contributed by atoms with Gasteiger partial charge in [-0.25, -0.2) is 23.1 Å². The van der Waals surface area contributed by atoms with Gasteiger partial charge in [0.05, 0.1) is 28.7 Å². The van der Waals surface area contributed by atoms with Crippen molar-refractivity contribution in [2.75, 3.05) is 11.9 Å². The standard InChI is InChI=1S/C17H12ClF3N6O/c18-10-6-8(2-3-11(10)19)24-16(27-28)9-7-12(20)13(21)15-14(9)25-17(26-15)23-5-1-4-22/h2-3,6-7,28H,1,5H2,(H,24,27)(H2,23,25,26). The number of aliphatic imine (C=N–C) groups is 1. The first-order valence-electron chi connectivity index (χ1n) is 7.87. The van der Waals surface area contributed by atoms with Gasteiger partial charge < -0.3 is 10.3 Å². The van der Waals surface area contributed by atoms with E-state index in [0.29, 0.717) is 0 Å². The summed E-state index contributed by atoms with van der Waals surface area (Å²) in [7, 11) is 0. The highest BCUT2D eigenvalue weighted by atomic mass is 35.5. The van der Waals surface area contributed by atoms with Crippen molar-refractivity contribution in [1.29, 1.82) is 5.26 Å². The van der Waals surface area contributed by atoms with Crippen LogP contribution in [0.5, 0.6) is 0 Å². The second-order valence-corrected chi connectivity index (χ2v) is 5.94. The van der Waals surface area contributed by atoms with Gasteiger partial charge in [-0.2, -0.15) is 5.26 Å². The lowest BCUT2D eigenvalue weighted by atomic mass is 10.1. The van der Waals surface area contributed by atoms with Crippen molar-refractivity contribution in [3.05, 3.63) is 52.3 Å². The minimum atomic E-state index is -1.21. The van der Waals surface area contributed by atoms with E-state index < -0.39 is 17.5 Å². The molecule has 0 radical (unpaired) electrons. The highest BCUT2D eigenvalue weighted by molar-refractivity contribution is 6.31. The summed E-state index contributed by atoms with van der Waals surface area (Å²) in [4.78, 5) is 10.7. The van der Waals surface area contributed by atoms with Gasteiger partial charge in [0.15, 0.2) is 17.5 Å². The van der Waals surface area contributed by atoms with Crippen molar-refractivity contribution in [2.45, 2.75) is 6.42 Å². The number of benzene rings is 2. The zero-order chi connectivity index (χ0) is 20.3. The number of nitrogens with one attached hydrogen (secondary N) is 3. The van der Waals surface area contributed by atoms with E-state index in [9.17, 15) is 18.4 Å². The van der Waals surface area contributed by atoms with Gasteiger partial charge in [0, 0.05) is 12.1 Å². The molecule has 2 aromatic carbocycles. The van der Waals surface area contributed by atoms with Crippen LogP contribution in [-0.2, 0) is 0 Å². The summed E-state index contributed by atoms with van der Waals surface area (Å²) >= 11 is 5.71. The third-order valence-corrected chi connectivity index (χ3v) is 3.99. The first kappa shape index (κ1) is 19.5. The van der Waals surface area contributed by atoms with E-state index in [4.69, 9.17) is 16.9 Å². The molecule has 11 heteroatoms. The number of anilines is 1. The van der Waals surface area contributed by atoms with Gasteiger partial charge in [-0.15, -0.1) is 0 Å². The molecule has 0 aliphatic heterocycles. The van der Waals surface area contributed by atoms with Gasteiger partial charge in [-0.05, 0) is 24.3 Å². The van der Waals surface area contributed by atoms with Crippen LogP contribution >= 0.6 is 11.6 Å². The predicted octanol–water partition coefficient (Wildman–Crippen LogP) is 4.02. The summed E-state index contributed by atoms with van der Waals surface area (Å²) in [5.74, 6) is -3.20. The third-order valence-electron chi connectivity index (χ3n) is 3.70. The number of H-pyrrole nitrogens is 1. The fourth-order valence-electron chi connectivity index (χ4n) is 2.44. The van der Waals surface area contributed by atoms with Crippen LogP contribution in [0.4, 0.5) is 24.8 Å². The Labute approximate surface area is 161 Å². The first-order chi connectivity index (χ1) is 13.4. The molecule has 3 aromatic rings. The second kappa shape index (κ2) is 8.16. The van der Waals surface area contributed by atoms with Crippen molar-refractivity contribution in [3.63, 3.8) is 0 Å². The summed E-state index contributed by atoms with van der Waals surface area (Å²) in [6.07, 6.45) is 0.178. The second-order valence-electron chi connectivity index (χ2n) is 5.53. The first-order valence-corrected chi connectivity index (χ1v) is 8.25. The summed E-state index contributed by atoms with van der Waals surface area (Å²) in [6.45, 7) is 0.239. The van der Waals surface area contributed by atoms with E-state index >= 15 is 0 Å². The maximum Gasteiger partial charge on any atom is 0.201 e. The van der Waals surface area contributed by atoms with Crippen LogP contribution in [0.2, 0.25) is 5.02 Å². The predicted molar refractivity (Wildman–Crippen MR) is 97.3 cm³/mol. The Bertz CT molecular complexity index is 1110. The Morgan fingerprint density at radius 3 is 2.75 bits per heavy atom. The number of nitriles is 1.